The fraction of sp³-hybridized carbons (Fsp3) is 0.436. The zero-order valence-electron chi connectivity index (χ0n) is 29.3. The number of methoxy groups -OCH3 is 4. The third kappa shape index (κ3) is 6.02. The lowest BCUT2D eigenvalue weighted by molar-refractivity contribution is -0.117. The van der Waals surface area contributed by atoms with Gasteiger partial charge in [0.15, 0.2) is 23.0 Å². The van der Waals surface area contributed by atoms with Gasteiger partial charge in [0, 0.05) is 43.5 Å². The Morgan fingerprint density at radius 3 is 2.08 bits per heavy atom. The number of carbonyl (C=O) groups is 1. The number of morpholine rings is 1. The van der Waals surface area contributed by atoms with Gasteiger partial charge in [0.1, 0.15) is 6.04 Å². The van der Waals surface area contributed by atoms with Gasteiger partial charge in [-0.25, -0.2) is 0 Å². The number of nitrogens with zero attached hydrogens (tertiary/aromatic N) is 4. The first kappa shape index (κ1) is 33.7. The third-order valence-corrected chi connectivity index (χ3v) is 10.9. The second-order valence-corrected chi connectivity index (χ2v) is 13.3. The van der Waals surface area contributed by atoms with Crippen LogP contribution in [-0.2, 0) is 22.4 Å². The Balaban J connectivity index is 1.20. The number of benzene rings is 3. The van der Waals surface area contributed by atoms with Crippen LogP contribution in [-0.4, -0.2) is 102 Å². The molecule has 3 aromatic carbocycles. The Labute approximate surface area is 293 Å². The number of rotatable bonds is 9. The van der Waals surface area contributed by atoms with E-state index in [1.165, 1.54) is 11.1 Å². The summed E-state index contributed by atoms with van der Waals surface area (Å²) in [5.41, 5.74) is 6.56. The first-order valence-corrected chi connectivity index (χ1v) is 17.2. The Hall–Kier alpha value is -4.76. The number of nitriles is 1. The van der Waals surface area contributed by atoms with E-state index in [-0.39, 0.29) is 30.1 Å². The molecule has 7 rings (SSSR count). The molecule has 4 aliphatic rings. The number of amides is 1. The predicted octanol–water partition coefficient (Wildman–Crippen LogP) is 4.16. The van der Waals surface area contributed by atoms with Crippen molar-refractivity contribution in [3.8, 4) is 29.1 Å². The van der Waals surface area contributed by atoms with Crippen molar-refractivity contribution in [3.05, 3.63) is 82.4 Å². The van der Waals surface area contributed by atoms with Crippen molar-refractivity contribution in [3.63, 3.8) is 0 Å². The van der Waals surface area contributed by atoms with Crippen molar-refractivity contribution in [2.45, 2.75) is 43.1 Å². The minimum atomic E-state index is -0.425. The van der Waals surface area contributed by atoms with E-state index >= 15 is 0 Å². The van der Waals surface area contributed by atoms with Crippen molar-refractivity contribution >= 4 is 17.7 Å². The van der Waals surface area contributed by atoms with Gasteiger partial charge in [-0.1, -0.05) is 12.1 Å². The van der Waals surface area contributed by atoms with Crippen LogP contribution < -0.4 is 29.2 Å². The van der Waals surface area contributed by atoms with Gasteiger partial charge in [-0.3, -0.25) is 14.6 Å². The number of carbonyl (C=O) groups excluding carboxylic acids is 1. The second-order valence-electron chi connectivity index (χ2n) is 13.3. The van der Waals surface area contributed by atoms with Crippen LogP contribution in [0.4, 0.5) is 5.69 Å². The summed E-state index contributed by atoms with van der Waals surface area (Å²) in [6, 6.07) is 18.3. The average Bonchev–Trinajstić information content (AvgIpc) is 3.15. The number of piperazine rings is 1. The summed E-state index contributed by atoms with van der Waals surface area (Å²) < 4.78 is 28.3. The Bertz CT molecular complexity index is 1800. The minimum Gasteiger partial charge on any atom is -0.493 e. The molecule has 2 fully saturated rings. The van der Waals surface area contributed by atoms with Crippen LogP contribution in [0.15, 0.2) is 54.6 Å². The molecule has 2 bridgehead atoms. The molecule has 4 heterocycles. The first-order chi connectivity index (χ1) is 24.4. The number of anilines is 1. The third-order valence-electron chi connectivity index (χ3n) is 10.9. The Morgan fingerprint density at radius 1 is 0.880 bits per heavy atom. The zero-order valence-corrected chi connectivity index (χ0v) is 29.3. The maximum absolute atomic E-state index is 13.4. The quantitative estimate of drug-likeness (QED) is 0.332. The van der Waals surface area contributed by atoms with Crippen LogP contribution >= 0.6 is 0 Å². The number of ether oxygens (including phenoxy) is 5. The van der Waals surface area contributed by atoms with Gasteiger partial charge in [-0.05, 0) is 90.2 Å². The lowest BCUT2D eigenvalue weighted by Crippen LogP contribution is -2.68. The zero-order chi connectivity index (χ0) is 34.9. The van der Waals surface area contributed by atoms with Crippen molar-refractivity contribution in [1.82, 2.24) is 15.1 Å². The fourth-order valence-corrected chi connectivity index (χ4v) is 8.43. The monoisotopic (exact) mass is 679 g/mol. The first-order valence-electron chi connectivity index (χ1n) is 17.2. The Kier molecular flexibility index (Phi) is 9.60. The SMILES string of the molecule is COc1cc2c(cc1OC)[C@@H]1[C@@H]3Cc4cc(OC)c(OC)cc4[C@H](CNC(=O)/C=C/c4ccc(N5CCOCC5)cc4)N3[C@@H](C#N)[C@H](C2)N1C. The highest BCUT2D eigenvalue weighted by Crippen LogP contribution is 2.52. The van der Waals surface area contributed by atoms with Gasteiger partial charge in [0.05, 0.1) is 59.8 Å². The lowest BCUT2D eigenvalue weighted by Gasteiger charge is -2.60. The molecule has 0 unspecified atom stereocenters. The van der Waals surface area contributed by atoms with E-state index in [0.29, 0.717) is 42.4 Å². The molecular weight excluding hydrogens is 634 g/mol. The topological polar surface area (TPSA) is 109 Å². The maximum Gasteiger partial charge on any atom is 0.244 e. The molecule has 0 saturated carbocycles. The van der Waals surface area contributed by atoms with E-state index in [2.05, 4.69) is 57.4 Å². The summed E-state index contributed by atoms with van der Waals surface area (Å²) >= 11 is 0. The molecule has 4 aliphatic heterocycles. The van der Waals surface area contributed by atoms with Gasteiger partial charge >= 0.3 is 0 Å². The minimum absolute atomic E-state index is 0.0204. The van der Waals surface area contributed by atoms with E-state index in [9.17, 15) is 10.1 Å². The summed E-state index contributed by atoms with van der Waals surface area (Å²) in [5.74, 6) is 2.44. The molecule has 11 nitrogen and oxygen atoms in total. The van der Waals surface area contributed by atoms with Crippen molar-refractivity contribution in [2.24, 2.45) is 0 Å². The molecule has 5 atom stereocenters. The standard InChI is InChI=1S/C39H45N5O6/c1-42-30-16-26-19-35(47-3)37(49-5)21-29(26)39(42)31-17-25-18-34(46-2)36(48-4)20-28(25)33(44(31)32(30)22-40)23-41-38(45)11-8-24-6-9-27(10-7-24)43-12-14-50-15-13-43/h6-11,18-21,30-33,39H,12-17,23H2,1-5H3,(H,41,45)/b11-8+/t30-,31-,32-,33-,39+/m0/s1. The van der Waals surface area contributed by atoms with E-state index in [4.69, 9.17) is 23.7 Å². The van der Waals surface area contributed by atoms with Gasteiger partial charge in [0.25, 0.3) is 0 Å². The van der Waals surface area contributed by atoms with E-state index in [1.807, 2.05) is 30.3 Å². The lowest BCUT2D eigenvalue weighted by atomic mass is 9.72. The molecule has 0 spiro atoms. The highest BCUT2D eigenvalue weighted by Gasteiger charge is 2.54. The molecule has 0 aliphatic carbocycles. The highest BCUT2D eigenvalue weighted by molar-refractivity contribution is 5.91. The molecule has 0 radical (unpaired) electrons. The second kappa shape index (κ2) is 14.2. The van der Waals surface area contributed by atoms with Gasteiger partial charge in [-0.15, -0.1) is 0 Å². The van der Waals surface area contributed by atoms with Crippen molar-refractivity contribution < 1.29 is 28.5 Å². The van der Waals surface area contributed by atoms with Crippen LogP contribution in [0, 0.1) is 11.3 Å². The molecule has 11 heteroatoms. The summed E-state index contributed by atoms with van der Waals surface area (Å²) in [7, 11) is 8.69. The van der Waals surface area contributed by atoms with Crippen LogP contribution in [0.1, 0.15) is 39.9 Å². The molecule has 2 saturated heterocycles. The van der Waals surface area contributed by atoms with Crippen molar-refractivity contribution in [1.29, 1.82) is 5.26 Å². The largest absolute Gasteiger partial charge is 0.493 e. The van der Waals surface area contributed by atoms with E-state index in [1.54, 1.807) is 34.5 Å². The Morgan fingerprint density at radius 2 is 1.46 bits per heavy atom. The van der Waals surface area contributed by atoms with Gasteiger partial charge < -0.3 is 33.9 Å². The summed E-state index contributed by atoms with van der Waals surface area (Å²) in [6.07, 6.45) is 4.79. The molecule has 262 valence electrons. The van der Waals surface area contributed by atoms with E-state index < -0.39 is 6.04 Å². The van der Waals surface area contributed by atoms with Crippen LogP contribution in [0.25, 0.3) is 6.08 Å². The molecule has 3 aromatic rings. The molecular formula is C39H45N5O6. The van der Waals surface area contributed by atoms with Crippen LogP contribution in [0.2, 0.25) is 0 Å². The number of hydrogen-bond donors (Lipinski definition) is 1. The van der Waals surface area contributed by atoms with Crippen LogP contribution in [0.3, 0.4) is 0 Å². The fourth-order valence-electron chi connectivity index (χ4n) is 8.43. The average molecular weight is 680 g/mol. The van der Waals surface area contributed by atoms with Gasteiger partial charge in [-0.2, -0.15) is 5.26 Å². The molecule has 50 heavy (non-hydrogen) atoms. The number of fused-ring (bicyclic) bond motifs is 7. The maximum atomic E-state index is 13.4. The highest BCUT2D eigenvalue weighted by atomic mass is 16.5. The normalized spacial score (nSPS) is 24.4. The predicted molar refractivity (Wildman–Crippen MR) is 190 cm³/mol. The van der Waals surface area contributed by atoms with Crippen molar-refractivity contribution in [2.75, 3.05) is 73.2 Å². The smallest absolute Gasteiger partial charge is 0.244 e. The number of likely N-dealkylation sites (N-methyl/N-ethyl adjacent to an activating group) is 1. The summed E-state index contributed by atoms with van der Waals surface area (Å²) in [6.45, 7) is 3.53. The summed E-state index contributed by atoms with van der Waals surface area (Å²) in [4.78, 5) is 20.4. The summed E-state index contributed by atoms with van der Waals surface area (Å²) in [5, 5.41) is 14.0. The number of nitrogens with one attached hydrogen (secondary N) is 1. The molecule has 1 N–H and O–H groups in total. The van der Waals surface area contributed by atoms with E-state index in [0.717, 1.165) is 48.7 Å². The molecule has 1 amide bonds. The number of hydrogen-bond acceptors (Lipinski definition) is 10. The van der Waals surface area contributed by atoms with Gasteiger partial charge in [0.2, 0.25) is 5.91 Å². The van der Waals surface area contributed by atoms with Crippen LogP contribution in [0.5, 0.6) is 23.0 Å². The molecule has 0 aromatic heterocycles.